The van der Waals surface area contributed by atoms with Gasteiger partial charge in [0.1, 0.15) is 0 Å². The lowest BCUT2D eigenvalue weighted by Crippen LogP contribution is -2.52. The van der Waals surface area contributed by atoms with Crippen LogP contribution in [0.4, 0.5) is 0 Å². The molecule has 0 saturated carbocycles. The topological polar surface area (TPSA) is 83.8 Å². The van der Waals surface area contributed by atoms with Gasteiger partial charge in [-0.1, -0.05) is 23.2 Å². The fourth-order valence-electron chi connectivity index (χ4n) is 1.70. The van der Waals surface area contributed by atoms with Gasteiger partial charge in [0.05, 0.1) is 0 Å². The summed E-state index contributed by atoms with van der Waals surface area (Å²) in [5, 5.41) is 19.1. The van der Waals surface area contributed by atoms with Crippen LogP contribution in [0.3, 0.4) is 0 Å². The lowest BCUT2D eigenvalue weighted by molar-refractivity contribution is -0.174. The maximum absolute atomic E-state index is 11.6. The maximum atomic E-state index is 11.6. The maximum Gasteiger partial charge on any atom is 0.351 e. The number of benzene rings is 1. The average molecular weight is 337 g/mol. The Bertz CT molecular complexity index is 519. The van der Waals surface area contributed by atoms with Gasteiger partial charge >= 0.3 is 11.9 Å². The zero-order valence-electron chi connectivity index (χ0n) is 11.1. The van der Waals surface area contributed by atoms with Crippen LogP contribution in [-0.2, 0) is 19.6 Å². The molecule has 0 spiro atoms. The first-order chi connectivity index (χ1) is 8.99. The van der Waals surface area contributed by atoms with Crippen LogP contribution in [0.1, 0.15) is 5.56 Å². The Morgan fingerprint density at radius 2 is 1.45 bits per heavy atom. The minimum atomic E-state index is -2.51. The Morgan fingerprint density at radius 3 is 1.75 bits per heavy atom. The monoisotopic (exact) mass is 336 g/mol. The number of rotatable bonds is 5. The Hall–Kier alpha value is -1.08. The van der Waals surface area contributed by atoms with E-state index in [4.69, 9.17) is 27.6 Å². The zero-order valence-corrected chi connectivity index (χ0v) is 13.6. The molecule has 20 heavy (non-hydrogen) atoms. The van der Waals surface area contributed by atoms with Gasteiger partial charge in [-0.25, -0.2) is 9.59 Å². The summed E-state index contributed by atoms with van der Waals surface area (Å²) in [5.41, 5.74) is -2.63. The SMILES string of the molecule is C[Si](C)(C)OC(C(=O)O)(C(=O)O)c1cc(Cl)cc(Cl)c1. The van der Waals surface area contributed by atoms with Gasteiger partial charge in [0.2, 0.25) is 0 Å². The molecule has 0 aliphatic heterocycles. The van der Waals surface area contributed by atoms with E-state index in [1.54, 1.807) is 19.6 Å². The molecule has 8 heteroatoms. The third kappa shape index (κ3) is 3.52. The molecular weight excluding hydrogens is 323 g/mol. The standard InChI is InChI=1S/C12H14Cl2O5Si/c1-20(2,3)19-12(10(15)16,11(17)18)7-4-8(13)6-9(14)5-7/h4-6H,1-3H3,(H,15,16)(H,17,18). The first kappa shape index (κ1) is 17.0. The van der Waals surface area contributed by atoms with E-state index < -0.39 is 25.9 Å². The Kier molecular flexibility index (Phi) is 4.86. The second kappa shape index (κ2) is 5.73. The minimum absolute atomic E-state index is 0.113. The summed E-state index contributed by atoms with van der Waals surface area (Å²) in [6.45, 7) is 5.08. The van der Waals surface area contributed by atoms with Crippen molar-refractivity contribution in [2.24, 2.45) is 0 Å². The van der Waals surface area contributed by atoms with Gasteiger partial charge in [0, 0.05) is 15.6 Å². The van der Waals surface area contributed by atoms with Gasteiger partial charge in [-0.05, 0) is 37.8 Å². The van der Waals surface area contributed by atoms with Crippen molar-refractivity contribution in [2.45, 2.75) is 25.2 Å². The van der Waals surface area contributed by atoms with E-state index in [2.05, 4.69) is 0 Å². The fraction of sp³-hybridized carbons (Fsp3) is 0.333. The van der Waals surface area contributed by atoms with E-state index in [0.29, 0.717) is 0 Å². The quantitative estimate of drug-likeness (QED) is 0.637. The number of carboxylic acids is 2. The predicted octanol–water partition coefficient (Wildman–Crippen LogP) is 3.21. The molecule has 2 N–H and O–H groups in total. The highest BCUT2D eigenvalue weighted by Crippen LogP contribution is 2.34. The lowest BCUT2D eigenvalue weighted by Gasteiger charge is -2.32. The van der Waals surface area contributed by atoms with Crippen LogP contribution in [0.15, 0.2) is 18.2 Å². The van der Waals surface area contributed by atoms with Crippen molar-refractivity contribution in [2.75, 3.05) is 0 Å². The highest BCUT2D eigenvalue weighted by atomic mass is 35.5. The second-order valence-corrected chi connectivity index (χ2v) is 10.5. The first-order valence-electron chi connectivity index (χ1n) is 5.62. The van der Waals surface area contributed by atoms with E-state index in [-0.39, 0.29) is 15.6 Å². The molecule has 1 aromatic rings. The van der Waals surface area contributed by atoms with Crippen molar-refractivity contribution in [3.8, 4) is 0 Å². The van der Waals surface area contributed by atoms with Crippen molar-refractivity contribution < 1.29 is 24.2 Å². The summed E-state index contributed by atoms with van der Waals surface area (Å²) in [6.07, 6.45) is 0. The Balaban J connectivity index is 3.58. The zero-order chi connectivity index (χ0) is 15.7. The van der Waals surface area contributed by atoms with Crippen molar-refractivity contribution in [1.82, 2.24) is 0 Å². The third-order valence-electron chi connectivity index (χ3n) is 2.33. The lowest BCUT2D eigenvalue weighted by atomic mass is 9.94. The van der Waals surface area contributed by atoms with Gasteiger partial charge in [0.25, 0.3) is 5.60 Å². The van der Waals surface area contributed by atoms with E-state index >= 15 is 0 Å². The number of carboxylic acid groups (broad SMARTS) is 2. The van der Waals surface area contributed by atoms with Gasteiger partial charge < -0.3 is 14.6 Å². The summed E-state index contributed by atoms with van der Waals surface area (Å²) in [4.78, 5) is 23.2. The molecule has 0 amide bonds. The molecule has 0 unspecified atom stereocenters. The summed E-state index contributed by atoms with van der Waals surface area (Å²) >= 11 is 11.6. The van der Waals surface area contributed by atoms with Crippen molar-refractivity contribution in [3.05, 3.63) is 33.8 Å². The largest absolute Gasteiger partial charge is 0.478 e. The summed E-state index contributed by atoms with van der Waals surface area (Å²) in [6, 6.07) is 3.85. The van der Waals surface area contributed by atoms with Crippen LogP contribution in [0, 0.1) is 0 Å². The molecule has 0 radical (unpaired) electrons. The second-order valence-electron chi connectivity index (χ2n) is 5.16. The van der Waals surface area contributed by atoms with Crippen LogP contribution in [0.2, 0.25) is 29.7 Å². The molecule has 0 aromatic heterocycles. The first-order valence-corrected chi connectivity index (χ1v) is 9.79. The van der Waals surface area contributed by atoms with Gasteiger partial charge in [0.15, 0.2) is 8.32 Å². The normalized spacial score (nSPS) is 12.2. The van der Waals surface area contributed by atoms with Crippen molar-refractivity contribution in [1.29, 1.82) is 0 Å². The molecule has 0 fully saturated rings. The highest BCUT2D eigenvalue weighted by Gasteiger charge is 2.52. The molecule has 1 aromatic carbocycles. The molecule has 5 nitrogen and oxygen atoms in total. The number of hydrogen-bond acceptors (Lipinski definition) is 3. The van der Waals surface area contributed by atoms with Gasteiger partial charge in [-0.3, -0.25) is 0 Å². The average Bonchev–Trinajstić information content (AvgIpc) is 2.22. The van der Waals surface area contributed by atoms with Crippen molar-refractivity contribution >= 4 is 43.5 Å². The molecule has 0 aliphatic rings. The molecule has 0 atom stereocenters. The number of hydrogen-bond donors (Lipinski definition) is 2. The van der Waals surface area contributed by atoms with Crippen molar-refractivity contribution in [3.63, 3.8) is 0 Å². The van der Waals surface area contributed by atoms with Gasteiger partial charge in [-0.15, -0.1) is 0 Å². The Labute approximate surface area is 127 Å². The summed E-state index contributed by atoms with van der Waals surface area (Å²) < 4.78 is 5.47. The van der Waals surface area contributed by atoms with Crippen LogP contribution in [0.25, 0.3) is 0 Å². The minimum Gasteiger partial charge on any atom is -0.478 e. The van der Waals surface area contributed by atoms with Crippen LogP contribution >= 0.6 is 23.2 Å². The summed E-state index contributed by atoms with van der Waals surface area (Å²) in [7, 11) is -2.48. The molecule has 110 valence electrons. The van der Waals surface area contributed by atoms with Crippen LogP contribution in [0.5, 0.6) is 0 Å². The van der Waals surface area contributed by atoms with Crippen LogP contribution in [-0.4, -0.2) is 30.5 Å². The Morgan fingerprint density at radius 1 is 1.05 bits per heavy atom. The van der Waals surface area contributed by atoms with E-state index in [1.165, 1.54) is 18.2 Å². The third-order valence-corrected chi connectivity index (χ3v) is 3.69. The van der Waals surface area contributed by atoms with Crippen LogP contribution < -0.4 is 0 Å². The molecule has 0 bridgehead atoms. The van der Waals surface area contributed by atoms with E-state index in [9.17, 15) is 19.8 Å². The van der Waals surface area contributed by atoms with E-state index in [1.807, 2.05) is 0 Å². The number of halogens is 2. The van der Waals surface area contributed by atoms with Gasteiger partial charge in [-0.2, -0.15) is 0 Å². The smallest absolute Gasteiger partial charge is 0.351 e. The number of aliphatic carboxylic acids is 2. The molecule has 1 rings (SSSR count). The highest BCUT2D eigenvalue weighted by molar-refractivity contribution is 6.70. The molecule has 0 aliphatic carbocycles. The molecule has 0 heterocycles. The fourth-order valence-corrected chi connectivity index (χ4v) is 3.44. The summed E-state index contributed by atoms with van der Waals surface area (Å²) in [5.74, 6) is -3.24. The number of carbonyl (C=O) groups is 2. The predicted molar refractivity (Wildman–Crippen MR) is 77.8 cm³/mol. The molecular formula is C12H14Cl2O5Si. The van der Waals surface area contributed by atoms with E-state index in [0.717, 1.165) is 0 Å². The molecule has 0 saturated heterocycles.